The van der Waals surface area contributed by atoms with Crippen molar-refractivity contribution in [1.29, 1.82) is 0 Å². The van der Waals surface area contributed by atoms with E-state index >= 15 is 0 Å². The fourth-order valence-corrected chi connectivity index (χ4v) is 6.49. The zero-order valence-electron chi connectivity index (χ0n) is 21.8. The number of aliphatic carboxylic acids is 2. The fraction of sp³-hybridized carbons (Fsp3) is 0.692. The molecule has 0 amide bonds. The van der Waals surface area contributed by atoms with Crippen LogP contribution in [0.3, 0.4) is 0 Å². The van der Waals surface area contributed by atoms with Crippen molar-refractivity contribution in [3.8, 4) is 0 Å². The predicted molar refractivity (Wildman–Crippen MR) is 137 cm³/mol. The standard InChI is InChI=1S/C26H42O9S/c1-7-13-19(22(27)11-5)17(9-3)15-21(24(29)30)26(25(31)32,36(33,34)35)16-18(10-4)20(14-8-2)23(28)12-6/h11-12,17-21H,5-10,13-16H2,1-4H3,(H,29,30)(H,31,32)(H,33,34,35). The van der Waals surface area contributed by atoms with Crippen LogP contribution in [-0.2, 0) is 29.3 Å². The second kappa shape index (κ2) is 15.0. The molecule has 0 aromatic heterocycles. The summed E-state index contributed by atoms with van der Waals surface area (Å²) in [4.78, 5) is 50.2. The number of carboxylic acids is 2. The summed E-state index contributed by atoms with van der Waals surface area (Å²) in [7, 11) is -5.50. The highest BCUT2D eigenvalue weighted by atomic mass is 32.2. The molecule has 0 aliphatic heterocycles. The zero-order valence-corrected chi connectivity index (χ0v) is 22.6. The van der Waals surface area contributed by atoms with Crippen molar-refractivity contribution in [3.63, 3.8) is 0 Å². The van der Waals surface area contributed by atoms with Gasteiger partial charge in [-0.15, -0.1) is 0 Å². The smallest absolute Gasteiger partial charge is 0.328 e. The third-order valence-corrected chi connectivity index (χ3v) is 8.85. The molecule has 0 radical (unpaired) electrons. The van der Waals surface area contributed by atoms with Crippen molar-refractivity contribution in [3.05, 3.63) is 25.3 Å². The number of hydrogen-bond donors (Lipinski definition) is 3. The normalized spacial score (nSPS) is 17.6. The minimum Gasteiger partial charge on any atom is -0.481 e. The number of carbonyl (C=O) groups excluding carboxylic acids is 2. The molecule has 10 heteroatoms. The Bertz CT molecular complexity index is 908. The van der Waals surface area contributed by atoms with Crippen molar-refractivity contribution in [2.45, 2.75) is 83.8 Å². The first-order valence-corrected chi connectivity index (χ1v) is 13.9. The van der Waals surface area contributed by atoms with E-state index in [-0.39, 0.29) is 18.6 Å². The van der Waals surface area contributed by atoms with Gasteiger partial charge in [0.1, 0.15) is 0 Å². The second-order valence-electron chi connectivity index (χ2n) is 9.34. The summed E-state index contributed by atoms with van der Waals surface area (Å²) in [5.41, 5.74) is 0. The van der Waals surface area contributed by atoms with Gasteiger partial charge in [-0.3, -0.25) is 23.7 Å². The van der Waals surface area contributed by atoms with Crippen LogP contribution in [0.1, 0.15) is 79.1 Å². The van der Waals surface area contributed by atoms with E-state index in [0.717, 1.165) is 12.2 Å². The molecular formula is C26H42O9S. The van der Waals surface area contributed by atoms with Gasteiger partial charge in [0.05, 0.1) is 5.92 Å². The number of ketones is 2. The lowest BCUT2D eigenvalue weighted by molar-refractivity contribution is -0.154. The molecule has 3 N–H and O–H groups in total. The third kappa shape index (κ3) is 7.83. The third-order valence-electron chi connectivity index (χ3n) is 7.31. The maximum absolute atomic E-state index is 12.8. The van der Waals surface area contributed by atoms with Crippen LogP contribution in [0, 0.1) is 29.6 Å². The van der Waals surface area contributed by atoms with Gasteiger partial charge in [0.25, 0.3) is 10.1 Å². The highest BCUT2D eigenvalue weighted by molar-refractivity contribution is 7.88. The van der Waals surface area contributed by atoms with E-state index < -0.39 is 75.0 Å². The van der Waals surface area contributed by atoms with Crippen molar-refractivity contribution in [2.75, 3.05) is 0 Å². The van der Waals surface area contributed by atoms with Crippen LogP contribution in [0.4, 0.5) is 0 Å². The Hall–Kier alpha value is -2.33. The largest absolute Gasteiger partial charge is 0.481 e. The first-order chi connectivity index (χ1) is 16.7. The van der Waals surface area contributed by atoms with Gasteiger partial charge in [-0.25, -0.2) is 0 Å². The van der Waals surface area contributed by atoms with E-state index in [0.29, 0.717) is 25.7 Å². The summed E-state index contributed by atoms with van der Waals surface area (Å²) in [5.74, 6) is -9.52. The van der Waals surface area contributed by atoms with Gasteiger partial charge in [-0.05, 0) is 49.7 Å². The molecule has 0 heterocycles. The molecule has 0 bridgehead atoms. The van der Waals surface area contributed by atoms with Crippen LogP contribution in [0.2, 0.25) is 0 Å². The molecule has 206 valence electrons. The van der Waals surface area contributed by atoms with Crippen molar-refractivity contribution in [2.24, 2.45) is 29.6 Å². The van der Waals surface area contributed by atoms with Crippen LogP contribution in [0.5, 0.6) is 0 Å². The van der Waals surface area contributed by atoms with Gasteiger partial charge in [0, 0.05) is 11.8 Å². The molecule has 6 unspecified atom stereocenters. The molecule has 6 atom stereocenters. The number of allylic oxidation sites excluding steroid dienone is 2. The van der Waals surface area contributed by atoms with Gasteiger partial charge >= 0.3 is 11.9 Å². The Morgan fingerprint density at radius 3 is 1.53 bits per heavy atom. The average molecular weight is 531 g/mol. The first kappa shape index (κ1) is 33.7. The number of rotatable bonds is 20. The van der Waals surface area contributed by atoms with E-state index in [1.54, 1.807) is 20.8 Å². The minimum absolute atomic E-state index is 0.172. The maximum Gasteiger partial charge on any atom is 0.328 e. The van der Waals surface area contributed by atoms with Gasteiger partial charge in [-0.1, -0.05) is 66.5 Å². The molecular weight excluding hydrogens is 488 g/mol. The summed E-state index contributed by atoms with van der Waals surface area (Å²) in [5, 5.41) is 20.4. The fourth-order valence-electron chi connectivity index (χ4n) is 5.29. The molecule has 9 nitrogen and oxygen atoms in total. The molecule has 0 aromatic rings. The van der Waals surface area contributed by atoms with E-state index in [9.17, 15) is 42.4 Å². The number of hydrogen-bond acceptors (Lipinski definition) is 6. The molecule has 0 aliphatic carbocycles. The average Bonchev–Trinajstić information content (AvgIpc) is 2.81. The van der Waals surface area contributed by atoms with Crippen LogP contribution < -0.4 is 0 Å². The van der Waals surface area contributed by atoms with E-state index in [1.165, 1.54) is 0 Å². The molecule has 0 saturated heterocycles. The van der Waals surface area contributed by atoms with Crippen LogP contribution in [-0.4, -0.2) is 51.4 Å². The lowest BCUT2D eigenvalue weighted by Gasteiger charge is -2.38. The quantitative estimate of drug-likeness (QED) is 0.151. The lowest BCUT2D eigenvalue weighted by Crippen LogP contribution is -2.57. The molecule has 0 rings (SSSR count). The van der Waals surface area contributed by atoms with E-state index in [4.69, 9.17) is 0 Å². The van der Waals surface area contributed by atoms with Gasteiger partial charge in [0.15, 0.2) is 11.6 Å². The lowest BCUT2D eigenvalue weighted by atomic mass is 9.70. The monoisotopic (exact) mass is 530 g/mol. The number of carbonyl (C=O) groups is 4. The summed E-state index contributed by atoms with van der Waals surface area (Å²) >= 11 is 0. The highest BCUT2D eigenvalue weighted by Gasteiger charge is 2.61. The van der Waals surface area contributed by atoms with Crippen molar-refractivity contribution < 1.29 is 42.4 Å². The minimum atomic E-state index is -5.50. The van der Waals surface area contributed by atoms with Crippen LogP contribution >= 0.6 is 0 Å². The molecule has 0 aromatic carbocycles. The summed E-state index contributed by atoms with van der Waals surface area (Å²) in [6, 6.07) is 0. The van der Waals surface area contributed by atoms with Gasteiger partial charge < -0.3 is 10.2 Å². The van der Waals surface area contributed by atoms with Crippen molar-refractivity contribution >= 4 is 33.6 Å². The number of carboxylic acid groups (broad SMARTS) is 2. The summed E-state index contributed by atoms with van der Waals surface area (Å²) in [6.45, 7) is 13.9. The summed E-state index contributed by atoms with van der Waals surface area (Å²) < 4.78 is 32.8. The second-order valence-corrected chi connectivity index (χ2v) is 11.0. The van der Waals surface area contributed by atoms with Gasteiger partial charge in [0.2, 0.25) is 4.75 Å². The summed E-state index contributed by atoms with van der Waals surface area (Å²) in [6.07, 6.45) is 3.22. The van der Waals surface area contributed by atoms with E-state index in [2.05, 4.69) is 13.2 Å². The SMILES string of the molecule is C=CC(=O)C(CCC)C(CC)CC(C(=O)O)C(CC(CC)C(CCC)C(=O)C=C)(C(=O)O)S(=O)(=O)O. The highest BCUT2D eigenvalue weighted by Crippen LogP contribution is 2.43. The maximum atomic E-state index is 12.8. The van der Waals surface area contributed by atoms with Gasteiger partial charge in [-0.2, -0.15) is 8.42 Å². The van der Waals surface area contributed by atoms with Crippen molar-refractivity contribution in [1.82, 2.24) is 0 Å². The predicted octanol–water partition coefficient (Wildman–Crippen LogP) is 4.57. The Morgan fingerprint density at radius 2 is 1.25 bits per heavy atom. The molecule has 36 heavy (non-hydrogen) atoms. The molecule has 0 aliphatic rings. The molecule has 0 saturated carbocycles. The van der Waals surface area contributed by atoms with Crippen LogP contribution in [0.15, 0.2) is 25.3 Å². The Labute approximate surface area is 214 Å². The zero-order chi connectivity index (χ0) is 28.3. The molecule has 0 spiro atoms. The Kier molecular flexibility index (Phi) is 14.1. The van der Waals surface area contributed by atoms with E-state index in [1.807, 2.05) is 6.92 Å². The topological polar surface area (TPSA) is 163 Å². The Morgan fingerprint density at radius 1 is 0.833 bits per heavy atom. The first-order valence-electron chi connectivity index (χ1n) is 12.5. The Balaban J connectivity index is 6.99. The van der Waals surface area contributed by atoms with Crippen LogP contribution in [0.25, 0.3) is 0 Å². The molecule has 0 fully saturated rings.